The van der Waals surface area contributed by atoms with Crippen LogP contribution < -0.4 is 21.5 Å². The number of hydrazone groups is 2. The predicted octanol–water partition coefficient (Wildman–Crippen LogP) is 9.35. The van der Waals surface area contributed by atoms with E-state index in [0.29, 0.717) is 5.92 Å². The van der Waals surface area contributed by atoms with Crippen LogP contribution in [0.1, 0.15) is 62.3 Å². The fourth-order valence-electron chi connectivity index (χ4n) is 6.16. The Bertz CT molecular complexity index is 1660. The van der Waals surface area contributed by atoms with Gasteiger partial charge in [0.2, 0.25) is 0 Å². The molecule has 3 aromatic rings. The van der Waals surface area contributed by atoms with E-state index in [2.05, 4.69) is 99.5 Å². The van der Waals surface area contributed by atoms with Crippen molar-refractivity contribution in [2.24, 2.45) is 16.1 Å². The van der Waals surface area contributed by atoms with Crippen molar-refractivity contribution < 1.29 is 0 Å². The summed E-state index contributed by atoms with van der Waals surface area (Å²) in [6, 6.07) is 22.6. The molecule has 2 aliphatic rings. The van der Waals surface area contributed by atoms with Gasteiger partial charge in [0.15, 0.2) is 11.7 Å². The standard InChI is InChI=1S/C38H44N6/c1-25-20-27(3)35(28(4)21-25)37(39-31-14-9-7-10-15-31)43-41-33-18-13-19-34(24-33)42-44-38(40-32-16-11-8-12-17-32)36-29(5)22-26(2)23-30(36)6/h7,9-11,13-22,24,30,41-42H,8,12,23H2,1-6H3,(H,39,43)(H,40,44). The summed E-state index contributed by atoms with van der Waals surface area (Å²) in [6.45, 7) is 13.0. The highest BCUT2D eigenvalue weighted by molar-refractivity contribution is 6.10. The van der Waals surface area contributed by atoms with Crippen LogP contribution in [-0.4, -0.2) is 11.7 Å². The molecule has 0 heterocycles. The van der Waals surface area contributed by atoms with Gasteiger partial charge >= 0.3 is 0 Å². The number of benzene rings is 3. The van der Waals surface area contributed by atoms with Crippen molar-refractivity contribution >= 4 is 28.7 Å². The molecule has 4 N–H and O–H groups in total. The molecule has 0 spiro atoms. The Kier molecular flexibility index (Phi) is 9.80. The molecule has 0 amide bonds. The Morgan fingerprint density at radius 2 is 1.39 bits per heavy atom. The van der Waals surface area contributed by atoms with Crippen LogP contribution in [0.15, 0.2) is 124 Å². The van der Waals surface area contributed by atoms with Crippen LogP contribution >= 0.6 is 0 Å². The molecule has 0 aromatic heterocycles. The number of allylic oxidation sites excluding steroid dienone is 6. The molecule has 0 radical (unpaired) electrons. The number of para-hydroxylation sites is 1. The molecule has 3 aromatic carbocycles. The van der Waals surface area contributed by atoms with Crippen molar-refractivity contribution in [2.45, 2.75) is 60.8 Å². The van der Waals surface area contributed by atoms with Gasteiger partial charge in [-0.25, -0.2) is 0 Å². The zero-order valence-electron chi connectivity index (χ0n) is 26.8. The van der Waals surface area contributed by atoms with Gasteiger partial charge in [-0.3, -0.25) is 10.9 Å². The minimum Gasteiger partial charge on any atom is -0.339 e. The van der Waals surface area contributed by atoms with E-state index in [1.807, 2.05) is 54.6 Å². The summed E-state index contributed by atoms with van der Waals surface area (Å²) in [5.41, 5.74) is 19.0. The van der Waals surface area contributed by atoms with Crippen molar-refractivity contribution in [1.82, 2.24) is 5.32 Å². The van der Waals surface area contributed by atoms with E-state index in [0.717, 1.165) is 59.3 Å². The van der Waals surface area contributed by atoms with Gasteiger partial charge in [0, 0.05) is 22.5 Å². The number of rotatable bonds is 8. The van der Waals surface area contributed by atoms with Crippen molar-refractivity contribution in [3.8, 4) is 0 Å². The smallest absolute Gasteiger partial charge is 0.158 e. The molecule has 5 rings (SSSR count). The SMILES string of the molecule is CC1=CC(C)=C(/C(=N/Nc2cccc(N/N=C(\Nc3ccccc3)c3c(C)cc(C)cc3C)c2)NC2=CCCC=C2)C(C)C1. The van der Waals surface area contributed by atoms with E-state index in [-0.39, 0.29) is 0 Å². The van der Waals surface area contributed by atoms with Crippen LogP contribution in [0.25, 0.3) is 0 Å². The highest BCUT2D eigenvalue weighted by Crippen LogP contribution is 2.30. The molecule has 0 saturated carbocycles. The second-order valence-corrected chi connectivity index (χ2v) is 11.9. The zero-order chi connectivity index (χ0) is 31.1. The summed E-state index contributed by atoms with van der Waals surface area (Å²) < 4.78 is 0. The number of nitrogens with zero attached hydrogens (tertiary/aromatic N) is 2. The van der Waals surface area contributed by atoms with Crippen molar-refractivity contribution in [3.05, 3.63) is 136 Å². The molecule has 2 aliphatic carbocycles. The molecule has 1 atom stereocenters. The first kappa shape index (κ1) is 30.6. The van der Waals surface area contributed by atoms with Gasteiger partial charge < -0.3 is 10.6 Å². The third kappa shape index (κ3) is 7.75. The fraction of sp³-hybridized carbons (Fsp3) is 0.263. The summed E-state index contributed by atoms with van der Waals surface area (Å²) in [4.78, 5) is 0. The third-order valence-corrected chi connectivity index (χ3v) is 7.93. The lowest BCUT2D eigenvalue weighted by molar-refractivity contribution is 0.673. The van der Waals surface area contributed by atoms with E-state index in [4.69, 9.17) is 10.2 Å². The van der Waals surface area contributed by atoms with Crippen molar-refractivity contribution in [3.63, 3.8) is 0 Å². The lowest BCUT2D eigenvalue weighted by Gasteiger charge is -2.26. The Balaban J connectivity index is 1.42. The maximum atomic E-state index is 4.93. The van der Waals surface area contributed by atoms with Gasteiger partial charge in [-0.2, -0.15) is 10.2 Å². The largest absolute Gasteiger partial charge is 0.339 e. The fourth-order valence-corrected chi connectivity index (χ4v) is 6.16. The van der Waals surface area contributed by atoms with Gasteiger partial charge in [0.05, 0.1) is 11.4 Å². The number of nitrogens with one attached hydrogen (secondary N) is 4. The monoisotopic (exact) mass is 584 g/mol. The summed E-state index contributed by atoms with van der Waals surface area (Å²) >= 11 is 0. The molecule has 226 valence electrons. The number of amidine groups is 2. The summed E-state index contributed by atoms with van der Waals surface area (Å²) in [5, 5.41) is 16.9. The van der Waals surface area contributed by atoms with Crippen LogP contribution in [-0.2, 0) is 0 Å². The topological polar surface area (TPSA) is 72.8 Å². The number of hydrogen-bond donors (Lipinski definition) is 4. The highest BCUT2D eigenvalue weighted by atomic mass is 15.3. The lowest BCUT2D eigenvalue weighted by Crippen LogP contribution is -2.30. The second-order valence-electron chi connectivity index (χ2n) is 11.9. The lowest BCUT2D eigenvalue weighted by atomic mass is 9.84. The third-order valence-electron chi connectivity index (χ3n) is 7.93. The first-order valence-corrected chi connectivity index (χ1v) is 15.5. The van der Waals surface area contributed by atoms with Gasteiger partial charge in [-0.15, -0.1) is 0 Å². The Labute approximate surface area is 262 Å². The maximum absolute atomic E-state index is 4.93. The van der Waals surface area contributed by atoms with Gasteiger partial charge in [0.25, 0.3) is 0 Å². The second kappa shape index (κ2) is 14.1. The molecule has 0 aliphatic heterocycles. The van der Waals surface area contributed by atoms with Crippen LogP contribution in [0.3, 0.4) is 0 Å². The molecule has 0 bridgehead atoms. The van der Waals surface area contributed by atoms with E-state index in [9.17, 15) is 0 Å². The van der Waals surface area contributed by atoms with Gasteiger partial charge in [-0.05, 0) is 113 Å². The molecule has 1 unspecified atom stereocenters. The summed E-state index contributed by atoms with van der Waals surface area (Å²) in [7, 11) is 0. The Morgan fingerprint density at radius 3 is 2.02 bits per heavy atom. The minimum atomic E-state index is 0.368. The van der Waals surface area contributed by atoms with E-state index >= 15 is 0 Å². The van der Waals surface area contributed by atoms with E-state index in [1.165, 1.54) is 33.4 Å². The molecular formula is C38H44N6. The van der Waals surface area contributed by atoms with Crippen LogP contribution in [0.4, 0.5) is 17.1 Å². The quantitative estimate of drug-likeness (QED) is 0.121. The molecule has 6 nitrogen and oxygen atoms in total. The minimum absolute atomic E-state index is 0.368. The average Bonchev–Trinajstić information content (AvgIpc) is 2.99. The van der Waals surface area contributed by atoms with E-state index < -0.39 is 0 Å². The van der Waals surface area contributed by atoms with Crippen LogP contribution in [0, 0.1) is 26.7 Å². The summed E-state index contributed by atoms with van der Waals surface area (Å²) in [6.07, 6.45) is 12.0. The van der Waals surface area contributed by atoms with E-state index in [1.54, 1.807) is 0 Å². The average molecular weight is 585 g/mol. The molecule has 0 fully saturated rings. The van der Waals surface area contributed by atoms with Gasteiger partial charge in [-0.1, -0.05) is 72.7 Å². The molecule has 0 saturated heterocycles. The predicted molar refractivity (Wildman–Crippen MR) is 188 cm³/mol. The highest BCUT2D eigenvalue weighted by Gasteiger charge is 2.22. The summed E-state index contributed by atoms with van der Waals surface area (Å²) in [5.74, 6) is 1.99. The molecule has 44 heavy (non-hydrogen) atoms. The Hall–Kier alpha value is -4.84. The normalized spacial score (nSPS) is 17.2. The van der Waals surface area contributed by atoms with Crippen LogP contribution in [0.5, 0.6) is 0 Å². The first-order valence-electron chi connectivity index (χ1n) is 15.5. The molecular weight excluding hydrogens is 540 g/mol. The Morgan fingerprint density at radius 1 is 0.727 bits per heavy atom. The maximum Gasteiger partial charge on any atom is 0.158 e. The number of anilines is 3. The van der Waals surface area contributed by atoms with Crippen molar-refractivity contribution in [2.75, 3.05) is 16.2 Å². The number of hydrogen-bond acceptors (Lipinski definition) is 4. The number of aryl methyl sites for hydroxylation is 3. The van der Waals surface area contributed by atoms with Crippen LogP contribution in [0.2, 0.25) is 0 Å². The molecule has 6 heteroatoms. The van der Waals surface area contributed by atoms with Gasteiger partial charge in [0.1, 0.15) is 0 Å². The van der Waals surface area contributed by atoms with Crippen molar-refractivity contribution in [1.29, 1.82) is 0 Å². The zero-order valence-corrected chi connectivity index (χ0v) is 26.8. The first-order chi connectivity index (χ1) is 21.3.